The topological polar surface area (TPSA) is 72.1 Å². The van der Waals surface area contributed by atoms with E-state index in [9.17, 15) is 4.79 Å². The monoisotopic (exact) mass is 244 g/mol. The second-order valence-electron chi connectivity index (χ2n) is 4.26. The summed E-state index contributed by atoms with van der Waals surface area (Å²) in [6.07, 6.45) is 5.44. The lowest BCUT2D eigenvalue weighted by Crippen LogP contribution is -2.28. The van der Waals surface area contributed by atoms with Crippen molar-refractivity contribution in [3.63, 3.8) is 0 Å². The molecule has 6 heteroatoms. The molecule has 1 aliphatic heterocycles. The Morgan fingerprint density at radius 1 is 1.39 bits per heavy atom. The molecule has 0 aromatic carbocycles. The standard InChI is InChI=1S/C12H12N4O2/c17-12(9-1-4-13-5-2-9)16-6-3-10(7-16)11-14-8-18-15-11/h1-2,4-5,8,10H,3,6-7H2. The lowest BCUT2D eigenvalue weighted by atomic mass is 10.1. The summed E-state index contributed by atoms with van der Waals surface area (Å²) in [5, 5.41) is 3.83. The van der Waals surface area contributed by atoms with E-state index in [1.54, 1.807) is 24.5 Å². The van der Waals surface area contributed by atoms with Gasteiger partial charge < -0.3 is 9.42 Å². The molecular weight excluding hydrogens is 232 g/mol. The van der Waals surface area contributed by atoms with E-state index in [-0.39, 0.29) is 11.8 Å². The molecule has 2 aromatic heterocycles. The zero-order valence-corrected chi connectivity index (χ0v) is 9.69. The van der Waals surface area contributed by atoms with Crippen LogP contribution >= 0.6 is 0 Å². The first-order valence-corrected chi connectivity index (χ1v) is 5.80. The van der Waals surface area contributed by atoms with Crippen LogP contribution in [0.25, 0.3) is 0 Å². The molecule has 0 radical (unpaired) electrons. The molecule has 92 valence electrons. The molecule has 0 saturated carbocycles. The summed E-state index contributed by atoms with van der Waals surface area (Å²) < 4.78 is 4.73. The zero-order valence-electron chi connectivity index (χ0n) is 9.69. The van der Waals surface area contributed by atoms with Crippen molar-refractivity contribution < 1.29 is 9.32 Å². The van der Waals surface area contributed by atoms with Crippen LogP contribution < -0.4 is 0 Å². The Bertz CT molecular complexity index is 526. The number of likely N-dealkylation sites (tertiary alicyclic amines) is 1. The summed E-state index contributed by atoms with van der Waals surface area (Å²) in [5.41, 5.74) is 0.666. The molecule has 1 unspecified atom stereocenters. The van der Waals surface area contributed by atoms with Gasteiger partial charge in [0.15, 0.2) is 5.82 Å². The molecule has 0 N–H and O–H groups in total. The lowest BCUT2D eigenvalue weighted by Gasteiger charge is -2.15. The van der Waals surface area contributed by atoms with Crippen molar-refractivity contribution in [1.29, 1.82) is 0 Å². The molecular formula is C12H12N4O2. The molecule has 3 rings (SSSR count). The van der Waals surface area contributed by atoms with E-state index >= 15 is 0 Å². The largest absolute Gasteiger partial charge is 0.343 e. The highest BCUT2D eigenvalue weighted by Crippen LogP contribution is 2.25. The van der Waals surface area contributed by atoms with Crippen molar-refractivity contribution in [2.24, 2.45) is 0 Å². The Labute approximate surface area is 104 Å². The first kappa shape index (κ1) is 10.9. The Balaban J connectivity index is 1.71. The third-order valence-electron chi connectivity index (χ3n) is 3.15. The van der Waals surface area contributed by atoms with Crippen LogP contribution in [0.15, 0.2) is 35.4 Å². The molecule has 0 aliphatic carbocycles. The molecule has 0 spiro atoms. The maximum atomic E-state index is 12.2. The predicted molar refractivity (Wildman–Crippen MR) is 61.8 cm³/mol. The molecule has 1 fully saturated rings. The molecule has 0 bridgehead atoms. The number of amides is 1. The Morgan fingerprint density at radius 3 is 2.94 bits per heavy atom. The third kappa shape index (κ3) is 1.97. The number of hydrogen-bond acceptors (Lipinski definition) is 5. The normalized spacial score (nSPS) is 19.1. The predicted octanol–water partition coefficient (Wildman–Crippen LogP) is 1.09. The van der Waals surface area contributed by atoms with Gasteiger partial charge in [-0.25, -0.2) is 0 Å². The van der Waals surface area contributed by atoms with Crippen LogP contribution in [-0.2, 0) is 0 Å². The summed E-state index contributed by atoms with van der Waals surface area (Å²) in [5.74, 6) is 0.887. The molecule has 1 amide bonds. The van der Waals surface area contributed by atoms with Crippen molar-refractivity contribution in [1.82, 2.24) is 20.0 Å². The fraction of sp³-hybridized carbons (Fsp3) is 0.333. The van der Waals surface area contributed by atoms with Gasteiger partial charge >= 0.3 is 0 Å². The van der Waals surface area contributed by atoms with Gasteiger partial charge in [0.25, 0.3) is 5.91 Å². The van der Waals surface area contributed by atoms with E-state index < -0.39 is 0 Å². The quantitative estimate of drug-likeness (QED) is 0.790. The van der Waals surface area contributed by atoms with E-state index in [1.807, 2.05) is 4.90 Å². The van der Waals surface area contributed by atoms with Crippen molar-refractivity contribution in [2.45, 2.75) is 12.3 Å². The SMILES string of the molecule is O=C(c1ccncc1)N1CCC(c2ncon2)C1. The third-order valence-corrected chi connectivity index (χ3v) is 3.15. The van der Waals surface area contributed by atoms with Gasteiger partial charge in [0.2, 0.25) is 6.39 Å². The number of carbonyl (C=O) groups is 1. The Morgan fingerprint density at radius 2 is 2.22 bits per heavy atom. The fourth-order valence-electron chi connectivity index (χ4n) is 2.19. The second kappa shape index (κ2) is 4.56. The summed E-state index contributed by atoms with van der Waals surface area (Å²) in [4.78, 5) is 22.0. The highest BCUT2D eigenvalue weighted by molar-refractivity contribution is 5.94. The van der Waals surface area contributed by atoms with Crippen molar-refractivity contribution in [2.75, 3.05) is 13.1 Å². The van der Waals surface area contributed by atoms with Crippen LogP contribution in [-0.4, -0.2) is 39.0 Å². The van der Waals surface area contributed by atoms with Crippen LogP contribution in [0.2, 0.25) is 0 Å². The van der Waals surface area contributed by atoms with Gasteiger partial charge in [-0.3, -0.25) is 9.78 Å². The van der Waals surface area contributed by atoms with Crippen LogP contribution in [0.3, 0.4) is 0 Å². The van der Waals surface area contributed by atoms with E-state index in [4.69, 9.17) is 4.52 Å². The molecule has 18 heavy (non-hydrogen) atoms. The fourth-order valence-corrected chi connectivity index (χ4v) is 2.19. The first-order valence-electron chi connectivity index (χ1n) is 5.80. The smallest absolute Gasteiger partial charge is 0.253 e. The Hall–Kier alpha value is -2.24. The van der Waals surface area contributed by atoms with Crippen LogP contribution in [0.1, 0.15) is 28.5 Å². The van der Waals surface area contributed by atoms with Gasteiger partial charge in [-0.15, -0.1) is 0 Å². The van der Waals surface area contributed by atoms with E-state index in [0.29, 0.717) is 17.9 Å². The average Bonchev–Trinajstić information content (AvgIpc) is 3.09. The number of nitrogens with zero attached hydrogens (tertiary/aromatic N) is 4. The van der Waals surface area contributed by atoms with Crippen LogP contribution in [0, 0.1) is 0 Å². The number of carbonyl (C=O) groups excluding carboxylic acids is 1. The Kier molecular flexibility index (Phi) is 2.76. The van der Waals surface area contributed by atoms with Crippen molar-refractivity contribution in [3.05, 3.63) is 42.3 Å². The van der Waals surface area contributed by atoms with Crippen molar-refractivity contribution in [3.8, 4) is 0 Å². The molecule has 1 aliphatic rings. The van der Waals surface area contributed by atoms with Gasteiger partial charge in [-0.1, -0.05) is 5.16 Å². The minimum absolute atomic E-state index is 0.0309. The number of rotatable bonds is 2. The number of aromatic nitrogens is 3. The number of pyridine rings is 1. The van der Waals surface area contributed by atoms with Crippen LogP contribution in [0.4, 0.5) is 0 Å². The van der Waals surface area contributed by atoms with Gasteiger partial charge in [0, 0.05) is 37.0 Å². The average molecular weight is 244 g/mol. The maximum Gasteiger partial charge on any atom is 0.253 e. The lowest BCUT2D eigenvalue weighted by molar-refractivity contribution is 0.0790. The molecule has 1 saturated heterocycles. The molecule has 6 nitrogen and oxygen atoms in total. The summed E-state index contributed by atoms with van der Waals surface area (Å²) in [6.45, 7) is 1.36. The molecule has 2 aromatic rings. The maximum absolute atomic E-state index is 12.2. The summed E-state index contributed by atoms with van der Waals surface area (Å²) >= 11 is 0. The van der Waals surface area contributed by atoms with Gasteiger partial charge in [0.05, 0.1) is 0 Å². The van der Waals surface area contributed by atoms with Gasteiger partial charge in [-0.05, 0) is 18.6 Å². The van der Waals surface area contributed by atoms with E-state index in [2.05, 4.69) is 15.1 Å². The minimum Gasteiger partial charge on any atom is -0.343 e. The molecule has 3 heterocycles. The second-order valence-corrected chi connectivity index (χ2v) is 4.26. The number of hydrogen-bond donors (Lipinski definition) is 0. The summed E-state index contributed by atoms with van der Waals surface area (Å²) in [7, 11) is 0. The first-order chi connectivity index (χ1) is 8.84. The van der Waals surface area contributed by atoms with Crippen LogP contribution in [0.5, 0.6) is 0 Å². The van der Waals surface area contributed by atoms with E-state index in [0.717, 1.165) is 13.0 Å². The van der Waals surface area contributed by atoms with Crippen molar-refractivity contribution >= 4 is 5.91 Å². The van der Waals surface area contributed by atoms with E-state index in [1.165, 1.54) is 6.39 Å². The molecule has 1 atom stereocenters. The zero-order chi connectivity index (χ0) is 12.4. The van der Waals surface area contributed by atoms with Gasteiger partial charge in [0.1, 0.15) is 0 Å². The van der Waals surface area contributed by atoms with Gasteiger partial charge in [-0.2, -0.15) is 4.98 Å². The summed E-state index contributed by atoms with van der Waals surface area (Å²) in [6, 6.07) is 3.45. The highest BCUT2D eigenvalue weighted by atomic mass is 16.5. The highest BCUT2D eigenvalue weighted by Gasteiger charge is 2.30. The minimum atomic E-state index is 0.0309.